The van der Waals surface area contributed by atoms with Crippen molar-refractivity contribution in [2.75, 3.05) is 18.9 Å². The molecule has 0 atom stereocenters. The van der Waals surface area contributed by atoms with E-state index in [0.717, 1.165) is 17.0 Å². The summed E-state index contributed by atoms with van der Waals surface area (Å²) in [6.07, 6.45) is 0. The van der Waals surface area contributed by atoms with Crippen molar-refractivity contribution in [3.05, 3.63) is 23.8 Å². The molecule has 0 aromatic heterocycles. The lowest BCUT2D eigenvalue weighted by molar-refractivity contribution is 0.203. The molecule has 0 fully saturated rings. The molecule has 3 nitrogen and oxygen atoms in total. The Bertz CT molecular complexity index is 425. The van der Waals surface area contributed by atoms with Gasteiger partial charge in [-0.1, -0.05) is 26.8 Å². The molecule has 0 aliphatic carbocycles. The number of hydrogen-bond acceptors (Lipinski definition) is 3. The third kappa shape index (κ3) is 4.55. The van der Waals surface area contributed by atoms with E-state index in [-0.39, 0.29) is 5.04 Å². The predicted octanol–water partition coefficient (Wildman–Crippen LogP) is 3.98. The fraction of sp³-hybridized carbons (Fsp3) is 0.600. The molecule has 0 saturated heterocycles. The summed E-state index contributed by atoms with van der Waals surface area (Å²) >= 11 is 0. The van der Waals surface area contributed by atoms with Crippen LogP contribution in [0.5, 0.6) is 5.75 Å². The van der Waals surface area contributed by atoms with Crippen LogP contribution in [-0.4, -0.2) is 21.5 Å². The van der Waals surface area contributed by atoms with Crippen molar-refractivity contribution in [3.63, 3.8) is 0 Å². The van der Waals surface area contributed by atoms with E-state index in [0.29, 0.717) is 13.2 Å². The molecule has 0 spiro atoms. The van der Waals surface area contributed by atoms with Gasteiger partial charge in [0.05, 0.1) is 6.61 Å². The van der Waals surface area contributed by atoms with E-state index in [1.54, 1.807) is 0 Å². The Morgan fingerprint density at radius 1 is 1.16 bits per heavy atom. The summed E-state index contributed by atoms with van der Waals surface area (Å²) in [4.78, 5) is 0. The van der Waals surface area contributed by atoms with Crippen LogP contribution in [0.4, 0.5) is 5.69 Å². The average Bonchev–Trinajstić information content (AvgIpc) is 2.27. The first-order valence-electron chi connectivity index (χ1n) is 6.76. The third-order valence-electron chi connectivity index (χ3n) is 3.87. The highest BCUT2D eigenvalue weighted by atomic mass is 28.4. The van der Waals surface area contributed by atoms with Gasteiger partial charge < -0.3 is 14.9 Å². The van der Waals surface area contributed by atoms with E-state index in [9.17, 15) is 0 Å². The summed E-state index contributed by atoms with van der Waals surface area (Å²) in [5.74, 6) is 0.807. The molecule has 108 valence electrons. The van der Waals surface area contributed by atoms with Gasteiger partial charge in [0.2, 0.25) is 0 Å². The number of nitrogen functional groups attached to an aromatic ring is 1. The lowest BCUT2D eigenvalue weighted by Gasteiger charge is -2.36. The molecule has 1 rings (SSSR count). The van der Waals surface area contributed by atoms with Crippen molar-refractivity contribution >= 4 is 14.0 Å². The van der Waals surface area contributed by atoms with Gasteiger partial charge in [-0.2, -0.15) is 0 Å². The van der Waals surface area contributed by atoms with Gasteiger partial charge in [0, 0.05) is 11.8 Å². The number of ether oxygens (including phenoxy) is 1. The molecule has 0 amide bonds. The van der Waals surface area contributed by atoms with E-state index >= 15 is 0 Å². The molecule has 0 aliphatic heterocycles. The quantitative estimate of drug-likeness (QED) is 0.504. The number of rotatable bonds is 5. The van der Waals surface area contributed by atoms with E-state index in [2.05, 4.69) is 33.9 Å². The van der Waals surface area contributed by atoms with Crippen LogP contribution in [0.2, 0.25) is 18.1 Å². The minimum absolute atomic E-state index is 0.237. The van der Waals surface area contributed by atoms with E-state index in [1.165, 1.54) is 0 Å². The number of benzene rings is 1. The average molecular weight is 281 g/mol. The lowest BCUT2D eigenvalue weighted by Crippen LogP contribution is -2.41. The number of aryl methyl sites for hydroxylation is 1. The highest BCUT2D eigenvalue weighted by Gasteiger charge is 2.36. The van der Waals surface area contributed by atoms with E-state index in [1.807, 2.05) is 25.1 Å². The number of hydrogen-bond donors (Lipinski definition) is 1. The Labute approximate surface area is 118 Å². The van der Waals surface area contributed by atoms with Gasteiger partial charge in [0.15, 0.2) is 8.32 Å². The Balaban J connectivity index is 2.41. The molecular formula is C15H27NO2Si. The topological polar surface area (TPSA) is 44.5 Å². The normalized spacial score (nSPS) is 12.5. The maximum Gasteiger partial charge on any atom is 0.192 e. The second-order valence-electron chi connectivity index (χ2n) is 6.48. The molecule has 4 heteroatoms. The fourth-order valence-corrected chi connectivity index (χ4v) is 2.41. The summed E-state index contributed by atoms with van der Waals surface area (Å²) in [5.41, 5.74) is 7.69. The molecular weight excluding hydrogens is 254 g/mol. The Kier molecular flexibility index (Phi) is 5.04. The maximum atomic E-state index is 6.05. The van der Waals surface area contributed by atoms with Gasteiger partial charge >= 0.3 is 0 Å². The molecule has 2 N–H and O–H groups in total. The van der Waals surface area contributed by atoms with Crippen LogP contribution < -0.4 is 10.5 Å². The Hall–Kier alpha value is -1.00. The van der Waals surface area contributed by atoms with Crippen molar-refractivity contribution in [2.24, 2.45) is 0 Å². The Morgan fingerprint density at radius 3 is 2.32 bits per heavy atom. The minimum Gasteiger partial charge on any atom is -0.491 e. The summed E-state index contributed by atoms with van der Waals surface area (Å²) < 4.78 is 11.7. The van der Waals surface area contributed by atoms with Gasteiger partial charge in [-0.25, -0.2) is 0 Å². The molecule has 0 aliphatic rings. The standard InChI is InChI=1S/C15H27NO2Si/c1-12-7-8-13(11-14(12)16)17-9-10-18-19(5,6)15(2,3)4/h7-8,11H,9-10,16H2,1-6H3. The fourth-order valence-electron chi connectivity index (χ4n) is 1.38. The Morgan fingerprint density at radius 2 is 1.79 bits per heavy atom. The molecule has 1 aromatic rings. The largest absolute Gasteiger partial charge is 0.491 e. The second kappa shape index (κ2) is 5.97. The summed E-state index contributed by atoms with van der Waals surface area (Å²) in [7, 11) is -1.67. The van der Waals surface area contributed by atoms with Gasteiger partial charge in [-0.05, 0) is 36.7 Å². The smallest absolute Gasteiger partial charge is 0.192 e. The first kappa shape index (κ1) is 16.1. The van der Waals surface area contributed by atoms with Crippen molar-refractivity contribution in [2.45, 2.75) is 45.8 Å². The van der Waals surface area contributed by atoms with Crippen LogP contribution in [0, 0.1) is 6.92 Å². The van der Waals surface area contributed by atoms with Crippen molar-refractivity contribution < 1.29 is 9.16 Å². The van der Waals surface area contributed by atoms with Crippen molar-refractivity contribution in [1.29, 1.82) is 0 Å². The number of anilines is 1. The summed E-state index contributed by atoms with van der Waals surface area (Å²) in [5, 5.41) is 0.237. The van der Waals surface area contributed by atoms with Crippen LogP contribution in [0.3, 0.4) is 0 Å². The zero-order valence-electron chi connectivity index (χ0n) is 13.0. The molecule has 1 aromatic carbocycles. The minimum atomic E-state index is -1.67. The molecule has 0 saturated carbocycles. The van der Waals surface area contributed by atoms with Crippen LogP contribution >= 0.6 is 0 Å². The maximum absolute atomic E-state index is 6.05. The lowest BCUT2D eigenvalue weighted by atomic mass is 10.2. The summed E-state index contributed by atoms with van der Waals surface area (Å²) in [6.45, 7) is 14.4. The highest BCUT2D eigenvalue weighted by Crippen LogP contribution is 2.36. The SMILES string of the molecule is Cc1ccc(OCCO[Si](C)(C)C(C)(C)C)cc1N. The van der Waals surface area contributed by atoms with Crippen molar-refractivity contribution in [3.8, 4) is 5.75 Å². The molecule has 19 heavy (non-hydrogen) atoms. The van der Waals surface area contributed by atoms with Crippen LogP contribution in [0.1, 0.15) is 26.3 Å². The van der Waals surface area contributed by atoms with Crippen molar-refractivity contribution in [1.82, 2.24) is 0 Å². The zero-order chi connectivity index (χ0) is 14.7. The second-order valence-corrected chi connectivity index (χ2v) is 11.3. The first-order valence-corrected chi connectivity index (χ1v) is 9.67. The van der Waals surface area contributed by atoms with E-state index < -0.39 is 8.32 Å². The predicted molar refractivity (Wildman–Crippen MR) is 84.2 cm³/mol. The van der Waals surface area contributed by atoms with Crippen LogP contribution in [-0.2, 0) is 4.43 Å². The zero-order valence-corrected chi connectivity index (χ0v) is 14.0. The monoisotopic (exact) mass is 281 g/mol. The van der Waals surface area contributed by atoms with E-state index in [4.69, 9.17) is 14.9 Å². The third-order valence-corrected chi connectivity index (χ3v) is 8.41. The van der Waals surface area contributed by atoms with Gasteiger partial charge in [0.25, 0.3) is 0 Å². The van der Waals surface area contributed by atoms with Gasteiger partial charge in [-0.15, -0.1) is 0 Å². The molecule has 0 heterocycles. The summed E-state index contributed by atoms with van der Waals surface area (Å²) in [6, 6.07) is 5.78. The van der Waals surface area contributed by atoms with Crippen LogP contribution in [0.25, 0.3) is 0 Å². The number of nitrogens with two attached hydrogens (primary N) is 1. The molecule has 0 unspecified atom stereocenters. The van der Waals surface area contributed by atoms with Crippen LogP contribution in [0.15, 0.2) is 18.2 Å². The highest BCUT2D eigenvalue weighted by molar-refractivity contribution is 6.74. The molecule has 0 radical (unpaired) electrons. The van der Waals surface area contributed by atoms with Gasteiger partial charge in [0.1, 0.15) is 12.4 Å². The first-order chi connectivity index (χ1) is 8.63. The van der Waals surface area contributed by atoms with Gasteiger partial charge in [-0.3, -0.25) is 0 Å². The molecule has 0 bridgehead atoms.